The largest absolute Gasteiger partial charge is 0.309 e. The van der Waals surface area contributed by atoms with Gasteiger partial charge < -0.3 is 5.32 Å². The summed E-state index contributed by atoms with van der Waals surface area (Å²) < 4.78 is 13.1. The lowest BCUT2D eigenvalue weighted by atomic mass is 10.1. The van der Waals surface area contributed by atoms with Gasteiger partial charge in [-0.1, -0.05) is 35.3 Å². The minimum atomic E-state index is -0.377. The molecule has 2 aromatic rings. The Bertz CT molecular complexity index is 642. The van der Waals surface area contributed by atoms with Crippen molar-refractivity contribution >= 4 is 23.2 Å². The van der Waals surface area contributed by atoms with Gasteiger partial charge in [0.2, 0.25) is 0 Å². The lowest BCUT2D eigenvalue weighted by Gasteiger charge is -2.12. The summed E-state index contributed by atoms with van der Waals surface area (Å²) in [5.41, 5.74) is 3.65. The minimum Gasteiger partial charge on any atom is -0.309 e. The molecule has 104 valence electrons. The first-order chi connectivity index (χ1) is 9.61. The average molecular weight is 310 g/mol. The van der Waals surface area contributed by atoms with Crippen molar-refractivity contribution in [1.82, 2.24) is 5.32 Å². The van der Waals surface area contributed by atoms with Crippen LogP contribution in [-0.4, -0.2) is 6.04 Å². The van der Waals surface area contributed by atoms with Crippen LogP contribution < -0.4 is 5.32 Å². The van der Waals surface area contributed by atoms with Crippen LogP contribution in [0.2, 0.25) is 10.0 Å². The third kappa shape index (κ3) is 2.98. The molecule has 2 aromatic carbocycles. The van der Waals surface area contributed by atoms with Crippen LogP contribution in [0.5, 0.6) is 0 Å². The maximum atomic E-state index is 13.1. The van der Waals surface area contributed by atoms with Crippen molar-refractivity contribution in [2.45, 2.75) is 25.4 Å². The number of rotatable bonds is 3. The molecular formula is C16H14Cl2FN. The molecule has 0 bridgehead atoms. The predicted octanol–water partition coefficient (Wildman–Crippen LogP) is 4.39. The van der Waals surface area contributed by atoms with E-state index in [0.717, 1.165) is 23.4 Å². The summed E-state index contributed by atoms with van der Waals surface area (Å²) in [6, 6.07) is 11.3. The zero-order valence-electron chi connectivity index (χ0n) is 10.8. The maximum Gasteiger partial charge on any atom is 0.141 e. The lowest BCUT2D eigenvalue weighted by Crippen LogP contribution is -2.28. The summed E-state index contributed by atoms with van der Waals surface area (Å²) >= 11 is 11.8. The average Bonchev–Trinajstić information content (AvgIpc) is 2.82. The fourth-order valence-corrected chi connectivity index (χ4v) is 3.04. The highest BCUT2D eigenvalue weighted by atomic mass is 35.5. The lowest BCUT2D eigenvalue weighted by molar-refractivity contribution is 0.532. The molecule has 0 saturated heterocycles. The van der Waals surface area contributed by atoms with E-state index in [9.17, 15) is 4.39 Å². The Labute approximate surface area is 127 Å². The molecule has 0 heterocycles. The maximum absolute atomic E-state index is 13.1. The summed E-state index contributed by atoms with van der Waals surface area (Å²) in [7, 11) is 0. The summed E-state index contributed by atoms with van der Waals surface area (Å²) in [4.78, 5) is 0. The zero-order chi connectivity index (χ0) is 14.1. The van der Waals surface area contributed by atoms with Crippen LogP contribution in [0, 0.1) is 5.82 Å². The van der Waals surface area contributed by atoms with E-state index < -0.39 is 0 Å². The SMILES string of the molecule is Fc1ccc(CNC2Cc3ccc(Cl)cc3C2)cc1Cl. The van der Waals surface area contributed by atoms with E-state index in [-0.39, 0.29) is 10.8 Å². The van der Waals surface area contributed by atoms with Gasteiger partial charge in [0.25, 0.3) is 0 Å². The van der Waals surface area contributed by atoms with Gasteiger partial charge in [0.05, 0.1) is 5.02 Å². The van der Waals surface area contributed by atoms with Crippen LogP contribution in [-0.2, 0) is 19.4 Å². The molecule has 0 fully saturated rings. The van der Waals surface area contributed by atoms with Crippen molar-refractivity contribution in [3.63, 3.8) is 0 Å². The van der Waals surface area contributed by atoms with Gasteiger partial charge in [0.1, 0.15) is 5.82 Å². The second-order valence-corrected chi connectivity index (χ2v) is 5.99. The van der Waals surface area contributed by atoms with Crippen LogP contribution >= 0.6 is 23.2 Å². The minimum absolute atomic E-state index is 0.172. The standard InChI is InChI=1S/C16H14Cl2FN/c17-13-3-2-11-7-14(8-12(11)6-13)20-9-10-1-4-16(19)15(18)5-10/h1-6,14,20H,7-9H2. The number of halogens is 3. The molecule has 3 rings (SSSR count). The molecule has 1 unspecified atom stereocenters. The predicted molar refractivity (Wildman–Crippen MR) is 80.9 cm³/mol. The molecule has 0 radical (unpaired) electrons. The fourth-order valence-electron chi connectivity index (χ4n) is 2.64. The van der Waals surface area contributed by atoms with E-state index >= 15 is 0 Å². The van der Waals surface area contributed by atoms with E-state index in [1.54, 1.807) is 12.1 Å². The van der Waals surface area contributed by atoms with Crippen LogP contribution in [0.15, 0.2) is 36.4 Å². The van der Waals surface area contributed by atoms with Crippen LogP contribution in [0.1, 0.15) is 16.7 Å². The number of fused-ring (bicyclic) bond motifs is 1. The summed E-state index contributed by atoms with van der Waals surface area (Å²) in [6.07, 6.45) is 1.98. The van der Waals surface area contributed by atoms with E-state index in [4.69, 9.17) is 23.2 Å². The molecule has 1 aliphatic rings. The van der Waals surface area contributed by atoms with E-state index in [1.807, 2.05) is 12.1 Å². The molecule has 0 aromatic heterocycles. The Balaban J connectivity index is 1.62. The van der Waals surface area contributed by atoms with Gasteiger partial charge in [-0.3, -0.25) is 0 Å². The number of benzene rings is 2. The molecule has 0 saturated carbocycles. The van der Waals surface area contributed by atoms with Gasteiger partial charge in [-0.15, -0.1) is 0 Å². The van der Waals surface area contributed by atoms with Crippen LogP contribution in [0.25, 0.3) is 0 Å². The van der Waals surface area contributed by atoms with Gasteiger partial charge in [-0.05, 0) is 53.8 Å². The highest BCUT2D eigenvalue weighted by Crippen LogP contribution is 2.25. The Morgan fingerprint density at radius 1 is 1.05 bits per heavy atom. The molecule has 4 heteroatoms. The van der Waals surface area contributed by atoms with Crippen molar-refractivity contribution in [3.05, 3.63) is 69.0 Å². The highest BCUT2D eigenvalue weighted by Gasteiger charge is 2.20. The molecular weight excluding hydrogens is 296 g/mol. The summed E-state index contributed by atoms with van der Waals surface area (Å²) in [5.74, 6) is -0.377. The second kappa shape index (κ2) is 5.72. The van der Waals surface area contributed by atoms with E-state index in [1.165, 1.54) is 17.2 Å². The molecule has 0 spiro atoms. The second-order valence-electron chi connectivity index (χ2n) is 5.15. The Morgan fingerprint density at radius 3 is 2.65 bits per heavy atom. The van der Waals surface area contributed by atoms with Crippen molar-refractivity contribution in [3.8, 4) is 0 Å². The normalized spacial score (nSPS) is 17.2. The Morgan fingerprint density at radius 2 is 1.85 bits per heavy atom. The molecule has 1 atom stereocenters. The third-order valence-corrected chi connectivity index (χ3v) is 4.20. The van der Waals surface area contributed by atoms with E-state index in [0.29, 0.717) is 12.6 Å². The monoisotopic (exact) mass is 309 g/mol. The fraction of sp³-hybridized carbons (Fsp3) is 0.250. The third-order valence-electron chi connectivity index (χ3n) is 3.68. The van der Waals surface area contributed by atoms with Gasteiger partial charge >= 0.3 is 0 Å². The molecule has 0 aliphatic heterocycles. The van der Waals surface area contributed by atoms with Crippen molar-refractivity contribution in [2.75, 3.05) is 0 Å². The van der Waals surface area contributed by atoms with E-state index in [2.05, 4.69) is 11.4 Å². The van der Waals surface area contributed by atoms with Gasteiger partial charge in [-0.25, -0.2) is 4.39 Å². The topological polar surface area (TPSA) is 12.0 Å². The van der Waals surface area contributed by atoms with Crippen molar-refractivity contribution < 1.29 is 4.39 Å². The molecule has 1 nitrogen and oxygen atoms in total. The molecule has 1 aliphatic carbocycles. The quantitative estimate of drug-likeness (QED) is 0.886. The number of hydrogen-bond acceptors (Lipinski definition) is 1. The highest BCUT2D eigenvalue weighted by molar-refractivity contribution is 6.31. The summed E-state index contributed by atoms with van der Waals surface area (Å²) in [5, 5.41) is 4.45. The first-order valence-corrected chi connectivity index (χ1v) is 7.32. The Kier molecular flexibility index (Phi) is 3.97. The number of hydrogen-bond donors (Lipinski definition) is 1. The summed E-state index contributed by atoms with van der Waals surface area (Å²) in [6.45, 7) is 0.687. The first-order valence-electron chi connectivity index (χ1n) is 6.56. The van der Waals surface area contributed by atoms with Crippen LogP contribution in [0.3, 0.4) is 0 Å². The smallest absolute Gasteiger partial charge is 0.141 e. The van der Waals surface area contributed by atoms with Crippen molar-refractivity contribution in [1.29, 1.82) is 0 Å². The molecule has 1 N–H and O–H groups in total. The Hall–Kier alpha value is -1.09. The van der Waals surface area contributed by atoms with Crippen molar-refractivity contribution in [2.24, 2.45) is 0 Å². The van der Waals surface area contributed by atoms with Gasteiger partial charge in [0, 0.05) is 17.6 Å². The zero-order valence-corrected chi connectivity index (χ0v) is 12.3. The van der Waals surface area contributed by atoms with Gasteiger partial charge in [0.15, 0.2) is 0 Å². The van der Waals surface area contributed by atoms with Gasteiger partial charge in [-0.2, -0.15) is 0 Å². The van der Waals surface area contributed by atoms with Crippen LogP contribution in [0.4, 0.5) is 4.39 Å². The number of nitrogens with one attached hydrogen (secondary N) is 1. The first kappa shape index (κ1) is 13.9. The molecule has 20 heavy (non-hydrogen) atoms. The molecule has 0 amide bonds.